The highest BCUT2D eigenvalue weighted by atomic mass is 32.2. The van der Waals surface area contributed by atoms with E-state index in [1.165, 1.54) is 67.6 Å². The van der Waals surface area contributed by atoms with E-state index in [0.29, 0.717) is 6.42 Å². The minimum atomic E-state index is 0.207. The number of nitrogens with zero attached hydrogens (tertiary/aromatic N) is 1. The van der Waals surface area contributed by atoms with Crippen LogP contribution in [-0.2, 0) is 4.79 Å². The minimum Gasteiger partial charge on any atom is -0.307 e. The van der Waals surface area contributed by atoms with E-state index in [4.69, 9.17) is 0 Å². The van der Waals surface area contributed by atoms with Crippen LogP contribution in [0, 0.1) is 0 Å². The molecule has 3 rings (SSSR count). The predicted molar refractivity (Wildman–Crippen MR) is 112 cm³/mol. The zero-order chi connectivity index (χ0) is 18.2. The van der Waals surface area contributed by atoms with Crippen LogP contribution in [0.15, 0.2) is 52.0 Å². The third-order valence-electron chi connectivity index (χ3n) is 5.23. The molecule has 0 amide bonds. The van der Waals surface area contributed by atoms with Crippen LogP contribution >= 0.6 is 11.8 Å². The van der Waals surface area contributed by atoms with Gasteiger partial charge in [0.25, 0.3) is 0 Å². The molecule has 3 heteroatoms. The Hall–Kier alpha value is -1.48. The molecule has 0 N–H and O–H groups in total. The lowest BCUT2D eigenvalue weighted by Crippen LogP contribution is -2.18. The van der Waals surface area contributed by atoms with E-state index in [-0.39, 0.29) is 5.78 Å². The first-order valence-electron chi connectivity index (χ1n) is 10.3. The summed E-state index contributed by atoms with van der Waals surface area (Å²) in [6.45, 7) is 1.94. The van der Waals surface area contributed by atoms with Gasteiger partial charge in [0.2, 0.25) is 0 Å². The first-order chi connectivity index (χ1) is 12.8. The van der Waals surface area contributed by atoms with Gasteiger partial charge in [-0.15, -0.1) is 0 Å². The number of anilines is 1. The molecule has 0 unspecified atom stereocenters. The van der Waals surface area contributed by atoms with Gasteiger partial charge in [-0.05, 0) is 37.8 Å². The third-order valence-corrected chi connectivity index (χ3v) is 6.30. The second-order valence-electron chi connectivity index (χ2n) is 7.27. The molecule has 0 atom stereocenters. The van der Waals surface area contributed by atoms with Crippen molar-refractivity contribution < 1.29 is 4.79 Å². The number of carbonyl (C=O) groups is 1. The smallest absolute Gasteiger partial charge is 0.158 e. The van der Waals surface area contributed by atoms with Gasteiger partial charge in [0.15, 0.2) is 5.78 Å². The summed E-state index contributed by atoms with van der Waals surface area (Å²) in [4.78, 5) is 15.7. The Morgan fingerprint density at radius 1 is 1.04 bits per heavy atom. The van der Waals surface area contributed by atoms with Crippen LogP contribution in [0.5, 0.6) is 0 Å². The van der Waals surface area contributed by atoms with Gasteiger partial charge in [-0.3, -0.25) is 4.79 Å². The number of carbonyl (C=O) groups excluding carboxylic acids is 1. The molecular weight excluding hydrogens is 338 g/mol. The van der Waals surface area contributed by atoms with Crippen LogP contribution in [0.25, 0.3) is 0 Å². The largest absolute Gasteiger partial charge is 0.307 e. The Balaban J connectivity index is 1.89. The zero-order valence-electron chi connectivity index (χ0n) is 16.0. The van der Waals surface area contributed by atoms with Crippen molar-refractivity contribution in [1.29, 1.82) is 0 Å². The Bertz CT molecular complexity index is 677. The van der Waals surface area contributed by atoms with Gasteiger partial charge in [0.05, 0.1) is 10.7 Å². The standard InChI is InChI=1S/C23H31NOS/c1-2-20(25)18-23-24(21-16-12-13-17-22(21)26-23)19-14-10-8-6-4-3-5-7-9-11-15-19/h12-14,16-18H,2-11,15H2,1H3/b19-14+,23-18-. The van der Waals surface area contributed by atoms with Crippen molar-refractivity contribution in [2.24, 2.45) is 0 Å². The first-order valence-corrected chi connectivity index (χ1v) is 11.1. The number of hydrogen-bond acceptors (Lipinski definition) is 3. The third kappa shape index (κ3) is 5.03. The number of ketones is 1. The van der Waals surface area contributed by atoms with E-state index in [0.717, 1.165) is 17.9 Å². The SMILES string of the molecule is CCC(=O)/C=C1\Sc2ccccc2N1/C1=C/CCCCCCCCCC1. The van der Waals surface area contributed by atoms with Gasteiger partial charge in [0.1, 0.15) is 0 Å². The van der Waals surface area contributed by atoms with Crippen LogP contribution in [-0.4, -0.2) is 5.78 Å². The molecule has 0 aromatic heterocycles. The lowest BCUT2D eigenvalue weighted by molar-refractivity contribution is -0.114. The lowest BCUT2D eigenvalue weighted by Gasteiger charge is -2.24. The average molecular weight is 370 g/mol. The normalized spacial score (nSPS) is 22.9. The average Bonchev–Trinajstić information content (AvgIpc) is 3.00. The van der Waals surface area contributed by atoms with Crippen LogP contribution in [0.4, 0.5) is 5.69 Å². The number of fused-ring (bicyclic) bond motifs is 1. The van der Waals surface area contributed by atoms with Crippen molar-refractivity contribution in [3.8, 4) is 0 Å². The Morgan fingerprint density at radius 3 is 2.50 bits per heavy atom. The molecule has 0 spiro atoms. The van der Waals surface area contributed by atoms with E-state index in [1.807, 2.05) is 13.0 Å². The van der Waals surface area contributed by atoms with Gasteiger partial charge in [-0.1, -0.05) is 75.4 Å². The van der Waals surface area contributed by atoms with E-state index in [2.05, 4.69) is 35.2 Å². The van der Waals surface area contributed by atoms with Crippen molar-refractivity contribution in [3.05, 3.63) is 47.1 Å². The van der Waals surface area contributed by atoms with E-state index < -0.39 is 0 Å². The maximum absolute atomic E-state index is 12.1. The summed E-state index contributed by atoms with van der Waals surface area (Å²) in [5.74, 6) is 0.207. The highest BCUT2D eigenvalue weighted by Crippen LogP contribution is 2.48. The van der Waals surface area contributed by atoms with Crippen LogP contribution in [0.3, 0.4) is 0 Å². The number of rotatable bonds is 3. The van der Waals surface area contributed by atoms with Crippen molar-refractivity contribution in [3.63, 3.8) is 0 Å². The summed E-state index contributed by atoms with van der Waals surface area (Å²) in [7, 11) is 0. The quantitative estimate of drug-likeness (QED) is 0.525. The molecule has 0 fully saturated rings. The van der Waals surface area contributed by atoms with Crippen LogP contribution in [0.1, 0.15) is 77.6 Å². The van der Waals surface area contributed by atoms with E-state index >= 15 is 0 Å². The molecule has 2 aliphatic rings. The fraction of sp³-hybridized carbons (Fsp3) is 0.522. The molecule has 2 nitrogen and oxygen atoms in total. The number of thioether (sulfide) groups is 1. The van der Waals surface area contributed by atoms with Gasteiger partial charge >= 0.3 is 0 Å². The molecule has 0 saturated carbocycles. The maximum atomic E-state index is 12.1. The molecular formula is C23H31NOS. The minimum absolute atomic E-state index is 0.207. The highest BCUT2D eigenvalue weighted by molar-refractivity contribution is 8.03. The van der Waals surface area contributed by atoms with Crippen molar-refractivity contribution in [2.75, 3.05) is 4.90 Å². The highest BCUT2D eigenvalue weighted by Gasteiger charge is 2.27. The van der Waals surface area contributed by atoms with Crippen molar-refractivity contribution in [2.45, 2.75) is 82.4 Å². The van der Waals surface area contributed by atoms with E-state index in [9.17, 15) is 4.79 Å². The predicted octanol–water partition coefficient (Wildman–Crippen LogP) is 7.22. The van der Waals surface area contributed by atoms with Crippen molar-refractivity contribution >= 4 is 23.2 Å². The molecule has 1 aliphatic carbocycles. The lowest BCUT2D eigenvalue weighted by atomic mass is 10.0. The number of benzene rings is 1. The Labute approximate surface area is 162 Å². The number of para-hydroxylation sites is 1. The summed E-state index contributed by atoms with van der Waals surface area (Å²) < 4.78 is 0. The second-order valence-corrected chi connectivity index (χ2v) is 8.33. The summed E-state index contributed by atoms with van der Waals surface area (Å²) in [5, 5.41) is 1.08. The zero-order valence-corrected chi connectivity index (χ0v) is 16.8. The summed E-state index contributed by atoms with van der Waals surface area (Å²) >= 11 is 1.74. The van der Waals surface area contributed by atoms with Gasteiger partial charge in [-0.25, -0.2) is 0 Å². The fourth-order valence-corrected chi connectivity index (χ4v) is 4.85. The number of hydrogen-bond donors (Lipinski definition) is 0. The van der Waals surface area contributed by atoms with Crippen molar-refractivity contribution in [1.82, 2.24) is 0 Å². The van der Waals surface area contributed by atoms with Gasteiger partial charge < -0.3 is 4.90 Å². The fourth-order valence-electron chi connectivity index (χ4n) is 3.72. The molecule has 1 aromatic rings. The van der Waals surface area contributed by atoms with Crippen LogP contribution < -0.4 is 4.90 Å². The summed E-state index contributed by atoms with van der Waals surface area (Å²) in [5.41, 5.74) is 2.63. The molecule has 1 aromatic carbocycles. The molecule has 26 heavy (non-hydrogen) atoms. The van der Waals surface area contributed by atoms with Gasteiger partial charge in [-0.2, -0.15) is 0 Å². The maximum Gasteiger partial charge on any atom is 0.158 e. The topological polar surface area (TPSA) is 20.3 Å². The van der Waals surface area contributed by atoms with Crippen LogP contribution in [0.2, 0.25) is 0 Å². The summed E-state index contributed by atoms with van der Waals surface area (Å²) in [6, 6.07) is 8.55. The molecule has 140 valence electrons. The van der Waals surface area contributed by atoms with E-state index in [1.54, 1.807) is 11.8 Å². The molecule has 0 saturated heterocycles. The molecule has 1 aliphatic heterocycles. The molecule has 0 radical (unpaired) electrons. The Morgan fingerprint density at radius 2 is 1.73 bits per heavy atom. The molecule has 0 bridgehead atoms. The Kier molecular flexibility index (Phi) is 7.43. The summed E-state index contributed by atoms with van der Waals surface area (Å²) in [6.07, 6.45) is 17.8. The second kappa shape index (κ2) is 10.0. The first kappa shape index (κ1) is 19.3. The van der Waals surface area contributed by atoms with Gasteiger partial charge in [0, 0.05) is 23.1 Å². The number of allylic oxidation sites excluding steroid dienone is 3. The monoisotopic (exact) mass is 369 g/mol. The molecule has 1 heterocycles.